The Bertz CT molecular complexity index is 596. The first-order valence-electron chi connectivity index (χ1n) is 6.33. The van der Waals surface area contributed by atoms with E-state index in [0.29, 0.717) is 0 Å². The molecule has 0 aliphatic heterocycles. The highest BCUT2D eigenvalue weighted by Crippen LogP contribution is 2.31. The molecule has 0 saturated heterocycles. The van der Waals surface area contributed by atoms with Gasteiger partial charge in [0.25, 0.3) is 0 Å². The van der Waals surface area contributed by atoms with Crippen molar-refractivity contribution >= 4 is 0 Å². The number of hydrogen-bond donors (Lipinski definition) is 0. The Balaban J connectivity index is 2.04. The zero-order valence-corrected chi connectivity index (χ0v) is 10.1. The summed E-state index contributed by atoms with van der Waals surface area (Å²) in [5.41, 5.74) is 4.38. The zero-order chi connectivity index (χ0) is 12.4. The smallest absolute Gasteiger partial charge is 0.0730 e. The lowest BCUT2D eigenvalue weighted by Crippen LogP contribution is -2.10. The van der Waals surface area contributed by atoms with Crippen molar-refractivity contribution in [3.63, 3.8) is 0 Å². The second-order valence-electron chi connectivity index (χ2n) is 4.67. The molecule has 1 aliphatic rings. The summed E-state index contributed by atoms with van der Waals surface area (Å²) < 4.78 is 0. The predicted molar refractivity (Wildman–Crippen MR) is 71.0 cm³/mol. The van der Waals surface area contributed by atoms with Crippen LogP contribution in [0.1, 0.15) is 30.0 Å². The second-order valence-corrected chi connectivity index (χ2v) is 4.67. The van der Waals surface area contributed by atoms with Crippen LogP contribution in [-0.4, -0.2) is 4.98 Å². The van der Waals surface area contributed by atoms with Crippen LogP contribution in [0.3, 0.4) is 0 Å². The van der Waals surface area contributed by atoms with Crippen LogP contribution >= 0.6 is 0 Å². The maximum atomic E-state index is 9.15. The van der Waals surface area contributed by atoms with E-state index in [9.17, 15) is 0 Å². The molecule has 3 rings (SSSR count). The third kappa shape index (κ3) is 1.89. The van der Waals surface area contributed by atoms with Crippen LogP contribution in [0.2, 0.25) is 0 Å². The van der Waals surface area contributed by atoms with E-state index in [1.807, 2.05) is 24.3 Å². The fourth-order valence-electron chi connectivity index (χ4n) is 2.56. The molecule has 0 N–H and O–H groups in total. The van der Waals surface area contributed by atoms with Crippen molar-refractivity contribution in [1.82, 2.24) is 4.98 Å². The molecule has 2 nitrogen and oxygen atoms in total. The van der Waals surface area contributed by atoms with Gasteiger partial charge in [0.1, 0.15) is 0 Å². The van der Waals surface area contributed by atoms with E-state index in [-0.39, 0.29) is 5.92 Å². The Hall–Kier alpha value is -2.14. The fourth-order valence-corrected chi connectivity index (χ4v) is 2.56. The van der Waals surface area contributed by atoms with Crippen molar-refractivity contribution in [1.29, 1.82) is 5.26 Å². The molecule has 0 spiro atoms. The first kappa shape index (κ1) is 11.0. The van der Waals surface area contributed by atoms with Crippen molar-refractivity contribution in [3.8, 4) is 17.3 Å². The highest BCUT2D eigenvalue weighted by atomic mass is 14.7. The minimum atomic E-state index is 0.0334. The Morgan fingerprint density at radius 1 is 1.11 bits per heavy atom. The number of aromatic nitrogens is 1. The van der Waals surface area contributed by atoms with Gasteiger partial charge in [0.15, 0.2) is 0 Å². The Labute approximate surface area is 107 Å². The monoisotopic (exact) mass is 234 g/mol. The quantitative estimate of drug-likeness (QED) is 0.754. The van der Waals surface area contributed by atoms with Gasteiger partial charge in [-0.3, -0.25) is 4.98 Å². The van der Waals surface area contributed by atoms with Gasteiger partial charge < -0.3 is 0 Å². The highest BCUT2D eigenvalue weighted by molar-refractivity contribution is 5.59. The fraction of sp³-hybridized carbons (Fsp3) is 0.250. The highest BCUT2D eigenvalue weighted by Gasteiger charge is 2.21. The summed E-state index contributed by atoms with van der Waals surface area (Å²) in [6.45, 7) is 0. The number of hydrogen-bond acceptors (Lipinski definition) is 2. The topological polar surface area (TPSA) is 36.7 Å². The van der Waals surface area contributed by atoms with Crippen molar-refractivity contribution in [3.05, 3.63) is 53.7 Å². The van der Waals surface area contributed by atoms with Gasteiger partial charge in [-0.2, -0.15) is 5.26 Å². The Morgan fingerprint density at radius 3 is 2.72 bits per heavy atom. The Morgan fingerprint density at radius 2 is 1.94 bits per heavy atom. The predicted octanol–water partition coefficient (Wildman–Crippen LogP) is 3.69. The molecular weight excluding hydrogens is 220 g/mol. The number of nitrogens with zero attached hydrogens (tertiary/aromatic N) is 2. The van der Waals surface area contributed by atoms with Crippen molar-refractivity contribution < 1.29 is 0 Å². The van der Waals surface area contributed by atoms with Gasteiger partial charge in [0.2, 0.25) is 0 Å². The van der Waals surface area contributed by atoms with Gasteiger partial charge in [-0.05, 0) is 30.9 Å². The number of fused-ring (bicyclic) bond motifs is 1. The normalized spacial score (nSPS) is 17.8. The van der Waals surface area contributed by atoms with Crippen LogP contribution in [0.25, 0.3) is 11.3 Å². The molecule has 1 aromatic heterocycles. The number of nitriles is 1. The first-order valence-corrected chi connectivity index (χ1v) is 6.33. The average Bonchev–Trinajstić information content (AvgIpc) is 2.47. The van der Waals surface area contributed by atoms with Gasteiger partial charge >= 0.3 is 0 Å². The number of pyridine rings is 1. The molecule has 0 fully saturated rings. The summed E-state index contributed by atoms with van der Waals surface area (Å²) in [6.07, 6.45) is 3.03. The molecule has 0 radical (unpaired) electrons. The minimum absolute atomic E-state index is 0.0334. The molecule has 2 aromatic rings. The molecule has 1 heterocycles. The van der Waals surface area contributed by atoms with Gasteiger partial charge in [0.05, 0.1) is 17.7 Å². The number of rotatable bonds is 1. The molecule has 18 heavy (non-hydrogen) atoms. The molecule has 1 unspecified atom stereocenters. The van der Waals surface area contributed by atoms with E-state index < -0.39 is 0 Å². The first-order chi connectivity index (χ1) is 8.88. The average molecular weight is 234 g/mol. The van der Waals surface area contributed by atoms with Gasteiger partial charge in [-0.25, -0.2) is 0 Å². The second kappa shape index (κ2) is 4.62. The molecule has 88 valence electrons. The maximum absolute atomic E-state index is 9.15. The summed E-state index contributed by atoms with van der Waals surface area (Å²) >= 11 is 0. The minimum Gasteiger partial charge on any atom is -0.253 e. The SMILES string of the molecule is N#CC1CCCc2nc(-c3ccccc3)ccc21. The standard InChI is InChI=1S/C16H14N2/c17-11-13-7-4-8-16-14(13)9-10-15(18-16)12-5-2-1-3-6-12/h1-3,5-6,9-10,13H,4,7-8H2. The van der Waals surface area contributed by atoms with Gasteiger partial charge in [-0.15, -0.1) is 0 Å². The van der Waals surface area contributed by atoms with E-state index in [2.05, 4.69) is 24.3 Å². The summed E-state index contributed by atoms with van der Waals surface area (Å²) in [6, 6.07) is 16.7. The molecule has 1 atom stereocenters. The molecule has 0 amide bonds. The van der Waals surface area contributed by atoms with Crippen LogP contribution < -0.4 is 0 Å². The number of benzene rings is 1. The summed E-state index contributed by atoms with van der Waals surface area (Å²) in [5.74, 6) is 0.0334. The summed E-state index contributed by atoms with van der Waals surface area (Å²) in [4.78, 5) is 4.73. The third-order valence-corrected chi connectivity index (χ3v) is 3.52. The largest absolute Gasteiger partial charge is 0.253 e. The van der Waals surface area contributed by atoms with Gasteiger partial charge in [-0.1, -0.05) is 36.4 Å². The molecule has 1 aromatic carbocycles. The zero-order valence-electron chi connectivity index (χ0n) is 10.1. The van der Waals surface area contributed by atoms with Crippen LogP contribution in [0.4, 0.5) is 0 Å². The van der Waals surface area contributed by atoms with Crippen molar-refractivity contribution in [2.24, 2.45) is 0 Å². The lowest BCUT2D eigenvalue weighted by molar-refractivity contribution is 0.623. The maximum Gasteiger partial charge on any atom is 0.0730 e. The molecule has 0 bridgehead atoms. The van der Waals surface area contributed by atoms with Crippen LogP contribution in [0.15, 0.2) is 42.5 Å². The number of aryl methyl sites for hydroxylation is 1. The molecule has 0 saturated carbocycles. The summed E-state index contributed by atoms with van der Waals surface area (Å²) in [5, 5.41) is 9.15. The van der Waals surface area contributed by atoms with Crippen LogP contribution in [-0.2, 0) is 6.42 Å². The van der Waals surface area contributed by atoms with E-state index in [0.717, 1.165) is 41.8 Å². The van der Waals surface area contributed by atoms with Crippen LogP contribution in [0, 0.1) is 11.3 Å². The van der Waals surface area contributed by atoms with Crippen LogP contribution in [0.5, 0.6) is 0 Å². The molecular formula is C16H14N2. The summed E-state index contributed by atoms with van der Waals surface area (Å²) in [7, 11) is 0. The third-order valence-electron chi connectivity index (χ3n) is 3.52. The van der Waals surface area contributed by atoms with Crippen molar-refractivity contribution in [2.45, 2.75) is 25.2 Å². The van der Waals surface area contributed by atoms with Crippen molar-refractivity contribution in [2.75, 3.05) is 0 Å². The Kier molecular flexibility index (Phi) is 2.82. The van der Waals surface area contributed by atoms with E-state index >= 15 is 0 Å². The lowest BCUT2D eigenvalue weighted by Gasteiger charge is -2.20. The molecule has 2 heteroatoms. The molecule has 1 aliphatic carbocycles. The van der Waals surface area contributed by atoms with Gasteiger partial charge in [0, 0.05) is 11.3 Å². The van der Waals surface area contributed by atoms with E-state index in [1.165, 1.54) is 0 Å². The van der Waals surface area contributed by atoms with E-state index in [1.54, 1.807) is 0 Å². The van der Waals surface area contributed by atoms with E-state index in [4.69, 9.17) is 10.2 Å². The lowest BCUT2D eigenvalue weighted by atomic mass is 9.86.